The molecule has 3 aromatic rings. The van der Waals surface area contributed by atoms with Crippen molar-refractivity contribution in [3.05, 3.63) is 53.9 Å². The van der Waals surface area contributed by atoms with Gasteiger partial charge in [-0.25, -0.2) is 22.8 Å². The number of hydrogen-bond donors (Lipinski definition) is 0. The lowest BCUT2D eigenvalue weighted by Gasteiger charge is -2.26. The molecule has 1 aromatic carbocycles. The minimum atomic E-state index is -2.93. The van der Waals surface area contributed by atoms with Gasteiger partial charge in [0.05, 0.1) is 11.5 Å². The average molecular weight is 374 g/mol. The van der Waals surface area contributed by atoms with Gasteiger partial charge in [0.25, 0.3) is 0 Å². The number of sulfone groups is 1. The third-order valence-corrected chi connectivity index (χ3v) is 6.30. The molecule has 136 valence electrons. The highest BCUT2D eigenvalue weighted by molar-refractivity contribution is 7.91. The molecule has 0 spiro atoms. The fourth-order valence-electron chi connectivity index (χ4n) is 3.18. The largest absolute Gasteiger partial charge is 0.301 e. The van der Waals surface area contributed by atoms with E-state index in [9.17, 15) is 12.8 Å². The van der Waals surface area contributed by atoms with Crippen LogP contribution >= 0.6 is 0 Å². The number of nitrogens with zero attached hydrogens (tertiary/aromatic N) is 4. The fourth-order valence-corrected chi connectivity index (χ4v) is 4.45. The quantitative estimate of drug-likeness (QED) is 0.702. The maximum Gasteiger partial charge on any atom is 0.152 e. The van der Waals surface area contributed by atoms with E-state index >= 15 is 0 Å². The van der Waals surface area contributed by atoms with Crippen LogP contribution in [0.2, 0.25) is 0 Å². The van der Waals surface area contributed by atoms with Gasteiger partial charge in [-0.15, -0.1) is 0 Å². The monoisotopic (exact) mass is 374 g/mol. The summed E-state index contributed by atoms with van der Waals surface area (Å²) in [5.41, 5.74) is 2.00. The molecule has 0 N–H and O–H groups in total. The predicted octanol–water partition coefficient (Wildman–Crippen LogP) is 2.10. The molecule has 0 atom stereocenters. The zero-order chi connectivity index (χ0) is 18.3. The highest BCUT2D eigenvalue weighted by Gasteiger charge is 2.22. The number of rotatable bonds is 3. The zero-order valence-corrected chi connectivity index (χ0v) is 15.2. The van der Waals surface area contributed by atoms with Crippen molar-refractivity contribution in [3.8, 4) is 5.69 Å². The van der Waals surface area contributed by atoms with Crippen LogP contribution in [-0.4, -0.2) is 52.4 Å². The van der Waals surface area contributed by atoms with Gasteiger partial charge in [0.15, 0.2) is 9.84 Å². The van der Waals surface area contributed by atoms with Crippen molar-refractivity contribution in [1.82, 2.24) is 19.4 Å². The van der Waals surface area contributed by atoms with E-state index in [-0.39, 0.29) is 17.3 Å². The second-order valence-corrected chi connectivity index (χ2v) is 8.89. The van der Waals surface area contributed by atoms with Crippen LogP contribution in [0.5, 0.6) is 0 Å². The molecular formula is C18H19FN4O2S. The standard InChI is InChI=1S/C18H19FN4O2S/c1-13-20-11-14-4-5-23(18(14)21-13)16-3-2-15(17(19)10-16)12-22-6-8-26(24,25)9-7-22/h2-5,10-11H,6-9,12H2,1H3. The smallest absolute Gasteiger partial charge is 0.152 e. The topological polar surface area (TPSA) is 68.1 Å². The molecular weight excluding hydrogens is 355 g/mol. The summed E-state index contributed by atoms with van der Waals surface area (Å²) in [6.45, 7) is 3.12. The molecule has 0 amide bonds. The molecule has 1 saturated heterocycles. The normalized spacial score (nSPS) is 17.6. The van der Waals surface area contributed by atoms with E-state index < -0.39 is 9.84 Å². The number of halogens is 1. The van der Waals surface area contributed by atoms with E-state index in [0.29, 0.717) is 36.7 Å². The first-order valence-corrected chi connectivity index (χ1v) is 10.3. The molecule has 3 heterocycles. The van der Waals surface area contributed by atoms with Crippen molar-refractivity contribution >= 4 is 20.9 Å². The van der Waals surface area contributed by atoms with E-state index in [2.05, 4.69) is 9.97 Å². The summed E-state index contributed by atoms with van der Waals surface area (Å²) in [5, 5.41) is 0.898. The van der Waals surface area contributed by atoms with Gasteiger partial charge in [-0.05, 0) is 25.1 Å². The van der Waals surface area contributed by atoms with Crippen LogP contribution < -0.4 is 0 Å². The van der Waals surface area contributed by atoms with Crippen LogP contribution in [0.25, 0.3) is 16.7 Å². The van der Waals surface area contributed by atoms with Gasteiger partial charge < -0.3 is 4.57 Å². The van der Waals surface area contributed by atoms with Crippen molar-refractivity contribution in [3.63, 3.8) is 0 Å². The third kappa shape index (κ3) is 3.34. The van der Waals surface area contributed by atoms with E-state index in [1.54, 1.807) is 12.3 Å². The van der Waals surface area contributed by atoms with Crippen LogP contribution in [-0.2, 0) is 16.4 Å². The second-order valence-electron chi connectivity index (χ2n) is 6.59. The molecule has 8 heteroatoms. The molecule has 0 radical (unpaired) electrons. The van der Waals surface area contributed by atoms with Gasteiger partial charge >= 0.3 is 0 Å². The van der Waals surface area contributed by atoms with Crippen molar-refractivity contribution in [2.45, 2.75) is 13.5 Å². The van der Waals surface area contributed by atoms with Gasteiger partial charge in [0, 0.05) is 48.7 Å². The summed E-state index contributed by atoms with van der Waals surface area (Å²) in [4.78, 5) is 10.6. The van der Waals surface area contributed by atoms with Gasteiger partial charge in [0.1, 0.15) is 17.3 Å². The van der Waals surface area contributed by atoms with Crippen molar-refractivity contribution in [2.24, 2.45) is 0 Å². The molecule has 4 rings (SSSR count). The number of aromatic nitrogens is 3. The summed E-state index contributed by atoms with van der Waals surface area (Å²) in [5.74, 6) is 0.639. The molecule has 6 nitrogen and oxygen atoms in total. The van der Waals surface area contributed by atoms with Crippen LogP contribution in [0.1, 0.15) is 11.4 Å². The van der Waals surface area contributed by atoms with E-state index in [0.717, 1.165) is 11.0 Å². The summed E-state index contributed by atoms with van der Waals surface area (Å²) >= 11 is 0. The molecule has 1 aliphatic rings. The molecule has 0 saturated carbocycles. The Labute approximate surface area is 151 Å². The van der Waals surface area contributed by atoms with Gasteiger partial charge in [-0.3, -0.25) is 4.90 Å². The fraction of sp³-hybridized carbons (Fsp3) is 0.333. The lowest BCUT2D eigenvalue weighted by Crippen LogP contribution is -2.39. The Morgan fingerprint density at radius 2 is 1.96 bits per heavy atom. The summed E-state index contributed by atoms with van der Waals surface area (Å²) in [6, 6.07) is 7.01. The van der Waals surface area contributed by atoms with Gasteiger partial charge in [-0.2, -0.15) is 0 Å². The lowest BCUT2D eigenvalue weighted by molar-refractivity contribution is 0.283. The average Bonchev–Trinajstić information content (AvgIpc) is 3.01. The van der Waals surface area contributed by atoms with Crippen molar-refractivity contribution < 1.29 is 12.8 Å². The highest BCUT2D eigenvalue weighted by atomic mass is 32.2. The minimum Gasteiger partial charge on any atom is -0.301 e. The summed E-state index contributed by atoms with van der Waals surface area (Å²) in [7, 11) is -2.93. The highest BCUT2D eigenvalue weighted by Crippen LogP contribution is 2.21. The zero-order valence-electron chi connectivity index (χ0n) is 14.4. The number of fused-ring (bicyclic) bond motifs is 1. The maximum atomic E-state index is 14.6. The van der Waals surface area contributed by atoms with E-state index in [4.69, 9.17) is 0 Å². The minimum absolute atomic E-state index is 0.140. The number of aryl methyl sites for hydroxylation is 1. The first kappa shape index (κ1) is 17.1. The SMILES string of the molecule is Cc1ncc2ccn(-c3ccc(CN4CCS(=O)(=O)CC4)c(F)c3)c2n1. The molecule has 0 aliphatic carbocycles. The summed E-state index contributed by atoms with van der Waals surface area (Å²) in [6.07, 6.45) is 3.60. The Balaban J connectivity index is 1.59. The first-order chi connectivity index (χ1) is 12.4. The van der Waals surface area contributed by atoms with Crippen molar-refractivity contribution in [1.29, 1.82) is 0 Å². The Morgan fingerprint density at radius 1 is 1.19 bits per heavy atom. The Kier molecular flexibility index (Phi) is 4.24. The predicted molar refractivity (Wildman–Crippen MR) is 97.5 cm³/mol. The van der Waals surface area contributed by atoms with Crippen LogP contribution in [0.4, 0.5) is 4.39 Å². The molecule has 1 aliphatic heterocycles. The van der Waals surface area contributed by atoms with Gasteiger partial charge in [0.2, 0.25) is 0 Å². The van der Waals surface area contributed by atoms with Crippen LogP contribution in [0.3, 0.4) is 0 Å². The third-order valence-electron chi connectivity index (χ3n) is 4.69. The molecule has 0 unspecified atom stereocenters. The first-order valence-electron chi connectivity index (χ1n) is 8.44. The summed E-state index contributed by atoms with van der Waals surface area (Å²) < 4.78 is 39.5. The molecule has 26 heavy (non-hydrogen) atoms. The molecule has 1 fully saturated rings. The van der Waals surface area contributed by atoms with E-state index in [1.165, 1.54) is 6.07 Å². The van der Waals surface area contributed by atoms with Gasteiger partial charge in [-0.1, -0.05) is 6.07 Å². The molecule has 2 aromatic heterocycles. The van der Waals surface area contributed by atoms with Crippen molar-refractivity contribution in [2.75, 3.05) is 24.6 Å². The Hall–Kier alpha value is -2.32. The second kappa shape index (κ2) is 6.44. The Bertz CT molecular complexity index is 1060. The van der Waals surface area contributed by atoms with E-state index in [1.807, 2.05) is 34.7 Å². The lowest BCUT2D eigenvalue weighted by atomic mass is 10.1. The van der Waals surface area contributed by atoms with Crippen LogP contribution in [0, 0.1) is 12.7 Å². The Morgan fingerprint density at radius 3 is 2.69 bits per heavy atom. The molecule has 0 bridgehead atoms. The maximum absolute atomic E-state index is 14.6. The number of hydrogen-bond acceptors (Lipinski definition) is 5. The van der Waals surface area contributed by atoms with Crippen LogP contribution in [0.15, 0.2) is 36.7 Å². The number of benzene rings is 1.